The minimum absolute atomic E-state index is 0. The Bertz CT molecular complexity index is 584. The van der Waals surface area contributed by atoms with Crippen LogP contribution in [-0.2, 0) is 4.79 Å². The number of guanidine groups is 1. The summed E-state index contributed by atoms with van der Waals surface area (Å²) in [7, 11) is 0. The molecule has 26 heavy (non-hydrogen) atoms. The summed E-state index contributed by atoms with van der Waals surface area (Å²) in [5, 5.41) is 18.6. The zero-order chi connectivity index (χ0) is 18.1. The second kappa shape index (κ2) is 11.3. The summed E-state index contributed by atoms with van der Waals surface area (Å²) in [5.74, 6) is 0.670. The first-order valence-electron chi connectivity index (χ1n) is 9.18. The molecule has 1 aromatic rings. The fourth-order valence-corrected chi connectivity index (χ4v) is 3.29. The van der Waals surface area contributed by atoms with Crippen LogP contribution in [-0.4, -0.2) is 36.6 Å². The lowest BCUT2D eigenvalue weighted by Gasteiger charge is -2.28. The molecule has 0 spiro atoms. The highest BCUT2D eigenvalue weighted by Gasteiger charge is 2.31. The fourth-order valence-electron chi connectivity index (χ4n) is 3.29. The van der Waals surface area contributed by atoms with Crippen molar-refractivity contribution >= 4 is 41.5 Å². The number of aromatic hydroxyl groups is 1. The highest BCUT2D eigenvalue weighted by atomic mass is 127. The Morgan fingerprint density at radius 1 is 1.15 bits per heavy atom. The lowest BCUT2D eigenvalue weighted by molar-refractivity contribution is -0.114. The van der Waals surface area contributed by atoms with Crippen molar-refractivity contribution in [3.05, 3.63) is 24.3 Å². The topological polar surface area (TPSA) is 85.8 Å². The van der Waals surface area contributed by atoms with Crippen LogP contribution >= 0.6 is 24.0 Å². The van der Waals surface area contributed by atoms with Crippen LogP contribution in [0, 0.1) is 5.41 Å². The molecule has 1 fully saturated rings. The molecule has 0 aromatic heterocycles. The summed E-state index contributed by atoms with van der Waals surface area (Å²) in [5.41, 5.74) is 1.01. The minimum atomic E-state index is -0.186. The highest BCUT2D eigenvalue weighted by Crippen LogP contribution is 2.40. The number of benzene rings is 1. The van der Waals surface area contributed by atoms with E-state index in [9.17, 15) is 9.90 Å². The van der Waals surface area contributed by atoms with Gasteiger partial charge in [-0.1, -0.05) is 19.8 Å². The Morgan fingerprint density at radius 3 is 2.38 bits per heavy atom. The van der Waals surface area contributed by atoms with Gasteiger partial charge < -0.3 is 21.1 Å². The molecule has 0 unspecified atom stereocenters. The van der Waals surface area contributed by atoms with Gasteiger partial charge in [0.25, 0.3) is 0 Å². The molecule has 2 rings (SSSR count). The molecule has 0 radical (unpaired) electrons. The number of rotatable bonds is 7. The summed E-state index contributed by atoms with van der Waals surface area (Å²) in [6, 6.07) is 6.39. The number of phenolic OH excluding ortho intramolecular Hbond substituents is 1. The Morgan fingerprint density at radius 2 is 1.81 bits per heavy atom. The van der Waals surface area contributed by atoms with Crippen molar-refractivity contribution in [2.24, 2.45) is 10.4 Å². The second-order valence-corrected chi connectivity index (χ2v) is 6.70. The third-order valence-electron chi connectivity index (χ3n) is 4.92. The molecule has 7 heteroatoms. The maximum atomic E-state index is 12.0. The quantitative estimate of drug-likeness (QED) is 0.211. The van der Waals surface area contributed by atoms with Gasteiger partial charge in [-0.3, -0.25) is 4.79 Å². The summed E-state index contributed by atoms with van der Waals surface area (Å²) in [6.45, 7) is 5.97. The number of halogens is 1. The van der Waals surface area contributed by atoms with Crippen LogP contribution in [0.1, 0.15) is 46.0 Å². The Kier molecular flexibility index (Phi) is 9.75. The first-order chi connectivity index (χ1) is 12.1. The number of aliphatic imine (C=N–C) groups is 1. The summed E-state index contributed by atoms with van der Waals surface area (Å²) in [6.07, 6.45) is 6.30. The molecular formula is C19H31IN4O2. The van der Waals surface area contributed by atoms with Crippen molar-refractivity contribution in [1.29, 1.82) is 0 Å². The third kappa shape index (κ3) is 7.01. The Balaban J connectivity index is 0.00000338. The van der Waals surface area contributed by atoms with Crippen molar-refractivity contribution in [3.8, 4) is 5.75 Å². The smallest absolute Gasteiger partial charge is 0.246 e. The normalized spacial score (nSPS) is 15.8. The van der Waals surface area contributed by atoms with Gasteiger partial charge in [0.15, 0.2) is 5.96 Å². The van der Waals surface area contributed by atoms with Crippen molar-refractivity contribution in [3.63, 3.8) is 0 Å². The summed E-state index contributed by atoms with van der Waals surface area (Å²) in [4.78, 5) is 16.4. The van der Waals surface area contributed by atoms with Crippen LogP contribution in [0.25, 0.3) is 0 Å². The van der Waals surface area contributed by atoms with Crippen molar-refractivity contribution in [2.75, 3.05) is 25.0 Å². The van der Waals surface area contributed by atoms with Gasteiger partial charge in [0.2, 0.25) is 5.91 Å². The van der Waals surface area contributed by atoms with E-state index in [1.807, 2.05) is 6.92 Å². The molecule has 0 atom stereocenters. The maximum absolute atomic E-state index is 12.0. The van der Waals surface area contributed by atoms with E-state index in [1.54, 1.807) is 12.1 Å². The Labute approximate surface area is 173 Å². The molecule has 1 amide bonds. The standard InChI is InChI=1S/C19H30N4O2.HI/c1-3-19(11-5-6-12-19)14-22-18(20-4-2)21-13-17(25)23-15-7-9-16(24)10-8-15;/h7-10,24H,3-6,11-14H2,1-2H3,(H,23,25)(H2,20,21,22);1H. The SMILES string of the molecule is CCNC(=NCC(=O)Nc1ccc(O)cc1)NCC1(CC)CCCC1.I. The van der Waals surface area contributed by atoms with E-state index >= 15 is 0 Å². The predicted molar refractivity (Wildman–Crippen MR) is 117 cm³/mol. The molecule has 6 nitrogen and oxygen atoms in total. The monoisotopic (exact) mass is 474 g/mol. The number of nitrogens with one attached hydrogen (secondary N) is 3. The van der Waals surface area contributed by atoms with Gasteiger partial charge >= 0.3 is 0 Å². The zero-order valence-corrected chi connectivity index (χ0v) is 18.0. The van der Waals surface area contributed by atoms with Crippen LogP contribution in [0.4, 0.5) is 5.69 Å². The van der Waals surface area contributed by atoms with Crippen molar-refractivity contribution in [2.45, 2.75) is 46.0 Å². The number of hydrogen-bond acceptors (Lipinski definition) is 3. The summed E-state index contributed by atoms with van der Waals surface area (Å²) < 4.78 is 0. The van der Waals surface area contributed by atoms with Gasteiger partial charge in [-0.2, -0.15) is 0 Å². The molecular weight excluding hydrogens is 443 g/mol. The molecule has 1 aliphatic rings. The number of hydrogen-bond donors (Lipinski definition) is 4. The number of phenols is 1. The molecule has 0 heterocycles. The highest BCUT2D eigenvalue weighted by molar-refractivity contribution is 14.0. The first kappa shape index (κ1) is 22.5. The van der Waals surface area contributed by atoms with E-state index in [1.165, 1.54) is 44.2 Å². The molecule has 0 aliphatic heterocycles. The number of nitrogens with zero attached hydrogens (tertiary/aromatic N) is 1. The van der Waals surface area contributed by atoms with Crippen LogP contribution in [0.15, 0.2) is 29.3 Å². The largest absolute Gasteiger partial charge is 0.508 e. The van der Waals surface area contributed by atoms with Gasteiger partial charge in [-0.05, 0) is 55.9 Å². The van der Waals surface area contributed by atoms with Crippen molar-refractivity contribution in [1.82, 2.24) is 10.6 Å². The van der Waals surface area contributed by atoms with Gasteiger partial charge in [0.05, 0.1) is 0 Å². The van der Waals surface area contributed by atoms with Crippen LogP contribution in [0.2, 0.25) is 0 Å². The van der Waals surface area contributed by atoms with E-state index in [0.717, 1.165) is 13.1 Å². The third-order valence-corrected chi connectivity index (χ3v) is 4.92. The predicted octanol–water partition coefficient (Wildman–Crippen LogP) is 3.47. The number of carbonyl (C=O) groups excluding carboxylic acids is 1. The molecule has 1 aliphatic carbocycles. The van der Waals surface area contributed by atoms with E-state index in [4.69, 9.17) is 0 Å². The van der Waals surface area contributed by atoms with Gasteiger partial charge in [0, 0.05) is 18.8 Å². The Hall–Kier alpha value is -1.51. The minimum Gasteiger partial charge on any atom is -0.508 e. The fraction of sp³-hybridized carbons (Fsp3) is 0.579. The van der Waals surface area contributed by atoms with E-state index in [-0.39, 0.29) is 42.2 Å². The van der Waals surface area contributed by atoms with Crippen LogP contribution < -0.4 is 16.0 Å². The lowest BCUT2D eigenvalue weighted by Crippen LogP contribution is -2.43. The van der Waals surface area contributed by atoms with Crippen molar-refractivity contribution < 1.29 is 9.90 Å². The van der Waals surface area contributed by atoms with Gasteiger partial charge in [0.1, 0.15) is 12.3 Å². The maximum Gasteiger partial charge on any atom is 0.246 e. The molecule has 1 saturated carbocycles. The zero-order valence-electron chi connectivity index (χ0n) is 15.7. The molecule has 1 aromatic carbocycles. The summed E-state index contributed by atoms with van der Waals surface area (Å²) >= 11 is 0. The average molecular weight is 474 g/mol. The molecule has 146 valence electrons. The first-order valence-corrected chi connectivity index (χ1v) is 9.18. The molecule has 4 N–H and O–H groups in total. The van der Waals surface area contributed by atoms with E-state index < -0.39 is 0 Å². The van der Waals surface area contributed by atoms with Gasteiger partial charge in [-0.25, -0.2) is 4.99 Å². The number of amides is 1. The van der Waals surface area contributed by atoms with E-state index in [0.29, 0.717) is 17.1 Å². The molecule has 0 bridgehead atoms. The second-order valence-electron chi connectivity index (χ2n) is 6.70. The molecule has 0 saturated heterocycles. The average Bonchev–Trinajstić information content (AvgIpc) is 3.09. The van der Waals surface area contributed by atoms with Gasteiger partial charge in [-0.15, -0.1) is 24.0 Å². The van der Waals surface area contributed by atoms with Crippen LogP contribution in [0.3, 0.4) is 0 Å². The lowest BCUT2D eigenvalue weighted by atomic mass is 9.83. The number of anilines is 1. The van der Waals surface area contributed by atoms with E-state index in [2.05, 4.69) is 27.9 Å². The van der Waals surface area contributed by atoms with Crippen LogP contribution in [0.5, 0.6) is 5.75 Å². The number of carbonyl (C=O) groups is 1.